The number of nitrogens with zero attached hydrogens (tertiary/aromatic N) is 1. The highest BCUT2D eigenvalue weighted by Gasteiger charge is 2.24. The Kier molecular flexibility index (Phi) is 2.77. The second kappa shape index (κ2) is 4.81. The van der Waals surface area contributed by atoms with Crippen molar-refractivity contribution in [3.05, 3.63) is 65.2 Å². The zero-order chi connectivity index (χ0) is 16.0. The first-order valence-corrected chi connectivity index (χ1v) is 6.84. The van der Waals surface area contributed by atoms with E-state index in [1.807, 2.05) is 0 Å². The van der Waals surface area contributed by atoms with Crippen molar-refractivity contribution in [2.75, 3.05) is 0 Å². The van der Waals surface area contributed by atoms with Crippen molar-refractivity contribution >= 4 is 16.7 Å². The number of aromatic nitrogens is 2. The predicted octanol–water partition coefficient (Wildman–Crippen LogP) is 3.00. The van der Waals surface area contributed by atoms with Crippen LogP contribution in [0.5, 0.6) is 11.5 Å². The van der Waals surface area contributed by atoms with Crippen LogP contribution in [0.3, 0.4) is 0 Å². The molecule has 3 aromatic rings. The number of nitrogens with one attached hydrogen (secondary N) is 1. The summed E-state index contributed by atoms with van der Waals surface area (Å²) in [7, 11) is 0. The minimum Gasteiger partial charge on any atom is -0.456 e. The number of carbonyl (C=O) groups excluding carboxylic acids is 1. The predicted molar refractivity (Wildman–Crippen MR) is 83.5 cm³/mol. The highest BCUT2D eigenvalue weighted by Crippen LogP contribution is 2.44. The molecular weight excluding hydrogens is 296 g/mol. The Labute approximate surface area is 130 Å². The number of fused-ring (bicyclic) bond motifs is 2. The van der Waals surface area contributed by atoms with E-state index >= 15 is 0 Å². The molecule has 1 aromatic heterocycles. The Morgan fingerprint density at radius 2 is 2.13 bits per heavy atom. The number of rotatable bonds is 2. The maximum absolute atomic E-state index is 11.9. The third-order valence-electron chi connectivity index (χ3n) is 3.66. The van der Waals surface area contributed by atoms with Crippen LogP contribution in [-0.2, 0) is 4.74 Å². The first kappa shape index (κ1) is 13.3. The van der Waals surface area contributed by atoms with Gasteiger partial charge in [-0.05, 0) is 30.3 Å². The van der Waals surface area contributed by atoms with Gasteiger partial charge in [-0.3, -0.25) is 4.79 Å². The molecule has 1 aliphatic rings. The molecule has 0 atom stereocenters. The normalized spacial score (nSPS) is 11.5. The van der Waals surface area contributed by atoms with E-state index in [1.54, 1.807) is 36.4 Å². The third kappa shape index (κ3) is 1.92. The van der Waals surface area contributed by atoms with Gasteiger partial charge in [-0.25, -0.2) is 9.89 Å². The third-order valence-corrected chi connectivity index (χ3v) is 3.66. The van der Waals surface area contributed by atoms with E-state index in [0.717, 1.165) is 6.26 Å². The van der Waals surface area contributed by atoms with Crippen molar-refractivity contribution in [1.29, 1.82) is 0 Å². The average molecular weight is 306 g/mol. The first-order chi connectivity index (χ1) is 11.2. The monoisotopic (exact) mass is 306 g/mol. The van der Waals surface area contributed by atoms with Crippen LogP contribution >= 0.6 is 0 Å². The van der Waals surface area contributed by atoms with E-state index in [1.165, 1.54) is 0 Å². The molecule has 0 spiro atoms. The first-order valence-electron chi connectivity index (χ1n) is 6.84. The summed E-state index contributed by atoms with van der Waals surface area (Å²) in [6.45, 7) is 3.36. The fraction of sp³-hybridized carbons (Fsp3) is 0. The molecule has 0 aliphatic carbocycles. The van der Waals surface area contributed by atoms with Crippen LogP contribution in [0.25, 0.3) is 22.0 Å². The molecule has 23 heavy (non-hydrogen) atoms. The van der Waals surface area contributed by atoms with Gasteiger partial charge in [0.15, 0.2) is 0 Å². The molecule has 0 radical (unpaired) electrons. The van der Waals surface area contributed by atoms with Crippen molar-refractivity contribution < 1.29 is 14.3 Å². The maximum Gasteiger partial charge on any atom is 0.342 e. The van der Waals surface area contributed by atoms with Gasteiger partial charge in [0.25, 0.3) is 5.56 Å². The number of benzene rings is 2. The van der Waals surface area contributed by atoms with Gasteiger partial charge in [0.05, 0.1) is 22.6 Å². The molecule has 0 saturated carbocycles. The fourth-order valence-electron chi connectivity index (χ4n) is 2.66. The zero-order valence-electron chi connectivity index (χ0n) is 11.8. The molecule has 0 saturated heterocycles. The standard InChI is InChI=1S/C17H10N2O4/c1-2-22-17(21)9-6-7-12-11(8-9)15-14-10(16(20)19-18-15)4-3-5-13(14)23-12/h2-8H,1H2,(H,19,20). The topological polar surface area (TPSA) is 81.3 Å². The Bertz CT molecular complexity index is 1040. The lowest BCUT2D eigenvalue weighted by Crippen LogP contribution is -2.12. The number of hydrogen-bond donors (Lipinski definition) is 1. The number of ether oxygens (including phenoxy) is 2. The molecule has 4 rings (SSSR count). The summed E-state index contributed by atoms with van der Waals surface area (Å²) in [5, 5.41) is 7.72. The quantitative estimate of drug-likeness (QED) is 0.455. The van der Waals surface area contributed by atoms with E-state index < -0.39 is 5.97 Å². The molecule has 2 aromatic carbocycles. The number of esters is 1. The van der Waals surface area contributed by atoms with Crippen LogP contribution in [0.1, 0.15) is 10.4 Å². The van der Waals surface area contributed by atoms with Gasteiger partial charge >= 0.3 is 5.97 Å². The number of H-pyrrole nitrogens is 1. The SMILES string of the molecule is C=COC(=O)c1ccc2c(c1)-c1n[nH]c(=O)c3cccc(c13)O2. The summed E-state index contributed by atoms with van der Waals surface area (Å²) in [6, 6.07) is 10.1. The van der Waals surface area contributed by atoms with Crippen molar-refractivity contribution in [3.8, 4) is 22.8 Å². The highest BCUT2D eigenvalue weighted by atomic mass is 16.5. The van der Waals surface area contributed by atoms with Crippen molar-refractivity contribution in [2.24, 2.45) is 0 Å². The lowest BCUT2D eigenvalue weighted by Gasteiger charge is -2.20. The molecule has 112 valence electrons. The minimum atomic E-state index is -0.526. The molecule has 0 fully saturated rings. The molecule has 6 heteroatoms. The summed E-state index contributed by atoms with van der Waals surface area (Å²) in [5.74, 6) is 0.590. The second-order valence-corrected chi connectivity index (χ2v) is 4.97. The van der Waals surface area contributed by atoms with Gasteiger partial charge in [0.1, 0.15) is 17.2 Å². The molecule has 0 unspecified atom stereocenters. The Hall–Kier alpha value is -3.41. The van der Waals surface area contributed by atoms with E-state index in [2.05, 4.69) is 16.8 Å². The summed E-state index contributed by atoms with van der Waals surface area (Å²) in [4.78, 5) is 23.8. The van der Waals surface area contributed by atoms with Crippen LogP contribution in [0.15, 0.2) is 54.0 Å². The smallest absolute Gasteiger partial charge is 0.342 e. The van der Waals surface area contributed by atoms with Gasteiger partial charge in [0, 0.05) is 5.56 Å². The summed E-state index contributed by atoms with van der Waals surface area (Å²) >= 11 is 0. The van der Waals surface area contributed by atoms with Crippen LogP contribution in [-0.4, -0.2) is 16.2 Å². The van der Waals surface area contributed by atoms with Gasteiger partial charge in [-0.1, -0.05) is 12.6 Å². The van der Waals surface area contributed by atoms with Crippen molar-refractivity contribution in [2.45, 2.75) is 0 Å². The lowest BCUT2D eigenvalue weighted by atomic mass is 9.99. The number of hydrogen-bond acceptors (Lipinski definition) is 5. The van der Waals surface area contributed by atoms with E-state index in [0.29, 0.717) is 39.1 Å². The minimum absolute atomic E-state index is 0.292. The molecule has 1 aliphatic heterocycles. The number of aromatic amines is 1. The van der Waals surface area contributed by atoms with Crippen LogP contribution in [0, 0.1) is 0 Å². The van der Waals surface area contributed by atoms with Crippen LogP contribution in [0.2, 0.25) is 0 Å². The van der Waals surface area contributed by atoms with Gasteiger partial charge in [0.2, 0.25) is 0 Å². The molecule has 2 heterocycles. The summed E-state index contributed by atoms with van der Waals surface area (Å²) in [6.07, 6.45) is 1.07. The molecular formula is C17H10N2O4. The molecule has 6 nitrogen and oxygen atoms in total. The largest absolute Gasteiger partial charge is 0.456 e. The summed E-state index contributed by atoms with van der Waals surface area (Å²) < 4.78 is 10.6. The molecule has 1 N–H and O–H groups in total. The second-order valence-electron chi connectivity index (χ2n) is 4.97. The Morgan fingerprint density at radius 1 is 1.26 bits per heavy atom. The summed E-state index contributed by atoms with van der Waals surface area (Å²) in [5.41, 5.74) is 1.22. The molecule has 0 bridgehead atoms. The zero-order valence-corrected chi connectivity index (χ0v) is 11.8. The van der Waals surface area contributed by atoms with E-state index in [-0.39, 0.29) is 5.56 Å². The lowest BCUT2D eigenvalue weighted by molar-refractivity contribution is 0.0664. The maximum atomic E-state index is 11.9. The van der Waals surface area contributed by atoms with E-state index in [9.17, 15) is 9.59 Å². The van der Waals surface area contributed by atoms with Crippen LogP contribution in [0.4, 0.5) is 0 Å². The van der Waals surface area contributed by atoms with Gasteiger partial charge < -0.3 is 9.47 Å². The van der Waals surface area contributed by atoms with Gasteiger partial charge in [-0.2, -0.15) is 5.10 Å². The average Bonchev–Trinajstić information content (AvgIpc) is 2.57. The Morgan fingerprint density at radius 3 is 2.96 bits per heavy atom. The van der Waals surface area contributed by atoms with Crippen molar-refractivity contribution in [1.82, 2.24) is 10.2 Å². The molecule has 0 amide bonds. The highest BCUT2D eigenvalue weighted by molar-refractivity contribution is 6.03. The fourth-order valence-corrected chi connectivity index (χ4v) is 2.66. The van der Waals surface area contributed by atoms with E-state index in [4.69, 9.17) is 9.47 Å². The Balaban J connectivity index is 2.00. The number of carbonyl (C=O) groups is 1. The van der Waals surface area contributed by atoms with Gasteiger partial charge in [-0.15, -0.1) is 0 Å². The van der Waals surface area contributed by atoms with Crippen LogP contribution < -0.4 is 10.3 Å². The van der Waals surface area contributed by atoms with Crippen molar-refractivity contribution in [3.63, 3.8) is 0 Å².